The summed E-state index contributed by atoms with van der Waals surface area (Å²) in [6, 6.07) is 2.39. The van der Waals surface area contributed by atoms with Crippen molar-refractivity contribution in [2.45, 2.75) is 145 Å². The smallest absolute Gasteiger partial charge is 0.163 e. The van der Waals surface area contributed by atoms with E-state index >= 15 is 0 Å². The number of carbonyl (C=O) groups excluding carboxylic acids is 3. The lowest BCUT2D eigenvalue weighted by atomic mass is 9.70. The molecule has 1 aliphatic rings. The first kappa shape index (κ1) is 33.3. The summed E-state index contributed by atoms with van der Waals surface area (Å²) < 4.78 is 0. The van der Waals surface area contributed by atoms with Crippen molar-refractivity contribution in [3.05, 3.63) is 33.9 Å². The average Bonchev–Trinajstić information content (AvgIpc) is 2.80. The third-order valence-corrected chi connectivity index (χ3v) is 7.90. The molecule has 0 heterocycles. The molecule has 1 aromatic carbocycles. The van der Waals surface area contributed by atoms with Crippen LogP contribution in [0.15, 0.2) is 6.07 Å². The van der Waals surface area contributed by atoms with Gasteiger partial charge in [0.1, 0.15) is 11.6 Å². The topological polar surface area (TPSA) is 51.2 Å². The zero-order chi connectivity index (χ0) is 28.1. The maximum absolute atomic E-state index is 13.5. The average molecular weight is 513 g/mol. The molecule has 3 heteroatoms. The fourth-order valence-electron chi connectivity index (χ4n) is 6.23. The second-order valence-electron chi connectivity index (χ2n) is 11.8. The van der Waals surface area contributed by atoms with Crippen molar-refractivity contribution in [2.24, 2.45) is 17.8 Å². The molecular formula is C34H56O3. The highest BCUT2D eigenvalue weighted by Gasteiger charge is 2.34. The Bertz CT molecular complexity index is 880. The number of fused-ring (bicyclic) bond motifs is 1. The van der Waals surface area contributed by atoms with E-state index in [0.717, 1.165) is 44.1 Å². The monoisotopic (exact) mass is 512 g/mol. The van der Waals surface area contributed by atoms with Crippen LogP contribution < -0.4 is 0 Å². The summed E-state index contributed by atoms with van der Waals surface area (Å²) in [6.45, 7) is 18.8. The van der Waals surface area contributed by atoms with Gasteiger partial charge in [-0.2, -0.15) is 0 Å². The minimum atomic E-state index is -0.0763. The van der Waals surface area contributed by atoms with Gasteiger partial charge >= 0.3 is 0 Å². The van der Waals surface area contributed by atoms with Crippen molar-refractivity contribution >= 4 is 17.3 Å². The van der Waals surface area contributed by atoms with Gasteiger partial charge in [-0.3, -0.25) is 14.4 Å². The quantitative estimate of drug-likeness (QED) is 0.184. The molecule has 210 valence electrons. The van der Waals surface area contributed by atoms with Crippen LogP contribution in [0.2, 0.25) is 0 Å². The number of Topliss-reactive ketones (excluding diaryl/α,β-unsaturated/α-hetero) is 3. The van der Waals surface area contributed by atoms with E-state index in [2.05, 4.69) is 61.5 Å². The van der Waals surface area contributed by atoms with Crippen LogP contribution in [-0.4, -0.2) is 17.3 Å². The Hall–Kier alpha value is -1.77. The molecule has 1 aromatic rings. The molecule has 0 fully saturated rings. The van der Waals surface area contributed by atoms with Crippen LogP contribution in [-0.2, 0) is 22.4 Å². The van der Waals surface area contributed by atoms with Gasteiger partial charge in [0.25, 0.3) is 0 Å². The predicted octanol–water partition coefficient (Wildman–Crippen LogP) is 9.39. The van der Waals surface area contributed by atoms with E-state index in [1.807, 2.05) is 0 Å². The number of aryl methyl sites for hydroxylation is 1. The second kappa shape index (κ2) is 16.9. The molecular weight excluding hydrogens is 456 g/mol. The number of unbranched alkanes of at least 4 members (excludes halogenated alkanes) is 2. The molecule has 37 heavy (non-hydrogen) atoms. The Labute approximate surface area is 228 Å². The molecule has 3 atom stereocenters. The third-order valence-electron chi connectivity index (χ3n) is 7.90. The van der Waals surface area contributed by atoms with Crippen molar-refractivity contribution < 1.29 is 14.4 Å². The molecule has 0 saturated carbocycles. The van der Waals surface area contributed by atoms with Crippen LogP contribution in [0.25, 0.3) is 0 Å². The summed E-state index contributed by atoms with van der Waals surface area (Å²) >= 11 is 0. The number of hydrogen-bond acceptors (Lipinski definition) is 3. The molecule has 3 unspecified atom stereocenters. The highest BCUT2D eigenvalue weighted by atomic mass is 16.1. The number of benzene rings is 1. The van der Waals surface area contributed by atoms with Gasteiger partial charge in [-0.1, -0.05) is 86.6 Å². The van der Waals surface area contributed by atoms with Crippen LogP contribution in [0.5, 0.6) is 0 Å². The van der Waals surface area contributed by atoms with E-state index in [0.29, 0.717) is 18.1 Å². The number of hydrogen-bond donors (Lipinski definition) is 0. The first-order chi connectivity index (χ1) is 17.6. The summed E-state index contributed by atoms with van der Waals surface area (Å²) in [4.78, 5) is 38.0. The molecule has 0 saturated heterocycles. The Morgan fingerprint density at radius 1 is 1.00 bits per heavy atom. The number of carbonyl (C=O) groups is 3. The van der Waals surface area contributed by atoms with Crippen LogP contribution in [0, 0.1) is 24.7 Å². The van der Waals surface area contributed by atoms with Gasteiger partial charge in [-0.25, -0.2) is 0 Å². The summed E-state index contributed by atoms with van der Waals surface area (Å²) in [7, 11) is 0. The molecule has 0 radical (unpaired) electrons. The molecule has 0 amide bonds. The van der Waals surface area contributed by atoms with Crippen LogP contribution >= 0.6 is 0 Å². The molecule has 0 bridgehead atoms. The normalized spacial score (nSPS) is 16.6. The van der Waals surface area contributed by atoms with Gasteiger partial charge in [0, 0.05) is 17.9 Å². The van der Waals surface area contributed by atoms with Gasteiger partial charge in [-0.15, -0.1) is 0 Å². The Morgan fingerprint density at radius 3 is 2.16 bits per heavy atom. The summed E-state index contributed by atoms with van der Waals surface area (Å²) in [5, 5.41) is 0. The van der Waals surface area contributed by atoms with Crippen molar-refractivity contribution in [3.8, 4) is 0 Å². The van der Waals surface area contributed by atoms with E-state index in [1.165, 1.54) is 54.9 Å². The van der Waals surface area contributed by atoms with E-state index in [9.17, 15) is 14.4 Å². The van der Waals surface area contributed by atoms with Crippen molar-refractivity contribution in [1.82, 2.24) is 0 Å². The molecule has 0 aliphatic heterocycles. The molecule has 2 rings (SSSR count). The number of ketones is 3. The standard InChI is InChI=1S/C31H48O3.C3H8/c1-8-11-12-14-24-19-27(20(4)5)28-17-23(18-30(34)31(28)22(24)7)16-25(13-9-2)26(10-3)29(33)15-21(6)32;1-3-2/h19-20,23,25-26H,8-18H2,1-7H3;3H2,1-2H3. The van der Waals surface area contributed by atoms with E-state index in [-0.39, 0.29) is 35.7 Å². The Kier molecular flexibility index (Phi) is 15.2. The summed E-state index contributed by atoms with van der Waals surface area (Å²) in [5.41, 5.74) is 6.17. The van der Waals surface area contributed by atoms with Gasteiger partial charge in [0.15, 0.2) is 5.78 Å². The van der Waals surface area contributed by atoms with Crippen molar-refractivity contribution in [3.63, 3.8) is 0 Å². The highest BCUT2D eigenvalue weighted by Crippen LogP contribution is 2.40. The Morgan fingerprint density at radius 2 is 1.65 bits per heavy atom. The zero-order valence-corrected chi connectivity index (χ0v) is 25.6. The molecule has 0 N–H and O–H groups in total. The maximum Gasteiger partial charge on any atom is 0.163 e. The van der Waals surface area contributed by atoms with Crippen LogP contribution in [0.4, 0.5) is 0 Å². The minimum Gasteiger partial charge on any atom is -0.300 e. The lowest BCUT2D eigenvalue weighted by molar-refractivity contribution is -0.129. The molecule has 1 aliphatic carbocycles. The number of rotatable bonds is 14. The largest absolute Gasteiger partial charge is 0.300 e. The lowest BCUT2D eigenvalue weighted by Crippen LogP contribution is -2.30. The van der Waals surface area contributed by atoms with Gasteiger partial charge in [-0.05, 0) is 86.0 Å². The third kappa shape index (κ3) is 9.80. The maximum atomic E-state index is 13.5. The first-order valence-corrected chi connectivity index (χ1v) is 15.3. The van der Waals surface area contributed by atoms with Gasteiger partial charge in [0.2, 0.25) is 0 Å². The van der Waals surface area contributed by atoms with Gasteiger partial charge < -0.3 is 0 Å². The van der Waals surface area contributed by atoms with E-state index < -0.39 is 0 Å². The SMILES string of the molecule is CCC.CCCCCc1cc(C(C)C)c2c(c1C)C(=O)CC(CC(CCC)C(CC)C(=O)CC(C)=O)C2. The van der Waals surface area contributed by atoms with E-state index in [4.69, 9.17) is 0 Å². The predicted molar refractivity (Wildman–Crippen MR) is 158 cm³/mol. The molecule has 3 nitrogen and oxygen atoms in total. The van der Waals surface area contributed by atoms with Crippen molar-refractivity contribution in [1.29, 1.82) is 0 Å². The molecule has 0 aromatic heterocycles. The fraction of sp³-hybridized carbons (Fsp3) is 0.735. The van der Waals surface area contributed by atoms with Crippen LogP contribution in [0.3, 0.4) is 0 Å². The summed E-state index contributed by atoms with van der Waals surface area (Å²) in [6.07, 6.45) is 11.1. The molecule has 0 spiro atoms. The first-order valence-electron chi connectivity index (χ1n) is 15.3. The lowest BCUT2D eigenvalue weighted by Gasteiger charge is -2.33. The fourth-order valence-corrected chi connectivity index (χ4v) is 6.23. The highest BCUT2D eigenvalue weighted by molar-refractivity contribution is 6.01. The Balaban J connectivity index is 0.00000217. The van der Waals surface area contributed by atoms with E-state index in [1.54, 1.807) is 0 Å². The van der Waals surface area contributed by atoms with Gasteiger partial charge in [0.05, 0.1) is 6.42 Å². The zero-order valence-electron chi connectivity index (χ0n) is 25.6. The van der Waals surface area contributed by atoms with Crippen LogP contribution in [0.1, 0.15) is 158 Å². The summed E-state index contributed by atoms with van der Waals surface area (Å²) in [5.74, 6) is 1.17. The van der Waals surface area contributed by atoms with Crippen molar-refractivity contribution in [2.75, 3.05) is 0 Å². The minimum absolute atomic E-state index is 0.0443. The second-order valence-corrected chi connectivity index (χ2v) is 11.8.